The first kappa shape index (κ1) is 14.7. The van der Waals surface area contributed by atoms with Crippen molar-refractivity contribution in [3.63, 3.8) is 0 Å². The summed E-state index contributed by atoms with van der Waals surface area (Å²) in [5, 5.41) is 1.01. The Balaban J connectivity index is 2.39. The molecular formula is C16H20N2OS. The minimum Gasteiger partial charge on any atom is -0.474 e. The van der Waals surface area contributed by atoms with Gasteiger partial charge in [0.25, 0.3) is 0 Å². The summed E-state index contributed by atoms with van der Waals surface area (Å²) in [5.41, 5.74) is 7.39. The largest absolute Gasteiger partial charge is 0.474 e. The summed E-state index contributed by atoms with van der Waals surface area (Å²) in [4.78, 5) is 4.87. The van der Waals surface area contributed by atoms with E-state index in [0.29, 0.717) is 22.3 Å². The quantitative estimate of drug-likeness (QED) is 0.853. The van der Waals surface area contributed by atoms with Gasteiger partial charge in [-0.3, -0.25) is 0 Å². The van der Waals surface area contributed by atoms with Gasteiger partial charge in [-0.1, -0.05) is 44.3 Å². The summed E-state index contributed by atoms with van der Waals surface area (Å²) in [5.74, 6) is 1.10. The number of rotatable bonds is 5. The van der Waals surface area contributed by atoms with Crippen LogP contribution in [0.25, 0.3) is 10.9 Å². The molecule has 3 nitrogen and oxygen atoms in total. The molecule has 1 atom stereocenters. The Hall–Kier alpha value is -1.68. The van der Waals surface area contributed by atoms with Crippen molar-refractivity contribution in [2.75, 3.05) is 0 Å². The normalized spacial score (nSPS) is 12.6. The molecule has 0 amide bonds. The molecule has 0 saturated carbocycles. The Morgan fingerprint density at radius 3 is 2.65 bits per heavy atom. The summed E-state index contributed by atoms with van der Waals surface area (Å²) in [7, 11) is 0. The Bertz CT molecular complexity index is 625. The smallest absolute Gasteiger partial charge is 0.224 e. The number of benzene rings is 1. The lowest BCUT2D eigenvalue weighted by Gasteiger charge is -2.18. The van der Waals surface area contributed by atoms with E-state index < -0.39 is 0 Å². The Morgan fingerprint density at radius 2 is 2.00 bits per heavy atom. The van der Waals surface area contributed by atoms with E-state index in [9.17, 15) is 0 Å². The average molecular weight is 288 g/mol. The van der Waals surface area contributed by atoms with Crippen LogP contribution < -0.4 is 10.5 Å². The lowest BCUT2D eigenvalue weighted by molar-refractivity contribution is 0.186. The van der Waals surface area contributed by atoms with Crippen LogP contribution >= 0.6 is 12.2 Å². The third-order valence-corrected chi connectivity index (χ3v) is 3.29. The molecule has 0 bridgehead atoms. The van der Waals surface area contributed by atoms with Gasteiger partial charge in [0, 0.05) is 5.39 Å². The number of ether oxygens (including phenoxy) is 1. The fourth-order valence-corrected chi connectivity index (χ4v) is 2.41. The molecule has 4 heteroatoms. The van der Waals surface area contributed by atoms with Gasteiger partial charge in [0.1, 0.15) is 4.99 Å². The monoisotopic (exact) mass is 288 g/mol. The van der Waals surface area contributed by atoms with Crippen LogP contribution in [-0.4, -0.2) is 16.1 Å². The number of nitrogens with two attached hydrogens (primary N) is 1. The maximum Gasteiger partial charge on any atom is 0.224 e. The van der Waals surface area contributed by atoms with Gasteiger partial charge in [-0.2, -0.15) is 0 Å². The Morgan fingerprint density at radius 1 is 1.30 bits per heavy atom. The summed E-state index contributed by atoms with van der Waals surface area (Å²) < 4.78 is 5.95. The van der Waals surface area contributed by atoms with Crippen molar-refractivity contribution in [3.8, 4) is 5.88 Å². The Labute approximate surface area is 125 Å². The number of hydrogen-bond acceptors (Lipinski definition) is 3. The predicted molar refractivity (Wildman–Crippen MR) is 87.2 cm³/mol. The molecule has 0 radical (unpaired) electrons. The molecule has 1 unspecified atom stereocenters. The lowest BCUT2D eigenvalue weighted by Crippen LogP contribution is -2.19. The van der Waals surface area contributed by atoms with E-state index in [2.05, 4.69) is 18.8 Å². The van der Waals surface area contributed by atoms with Crippen LogP contribution in [0.3, 0.4) is 0 Å². The van der Waals surface area contributed by atoms with E-state index in [4.69, 9.17) is 22.7 Å². The second kappa shape index (κ2) is 6.18. The molecule has 20 heavy (non-hydrogen) atoms. The van der Waals surface area contributed by atoms with E-state index in [1.165, 1.54) is 0 Å². The zero-order chi connectivity index (χ0) is 14.7. The van der Waals surface area contributed by atoms with Crippen LogP contribution in [-0.2, 0) is 0 Å². The van der Waals surface area contributed by atoms with E-state index in [0.717, 1.165) is 17.3 Å². The highest BCUT2D eigenvalue weighted by Gasteiger charge is 2.14. The fraction of sp³-hybridized carbons (Fsp3) is 0.375. The first-order valence-electron chi connectivity index (χ1n) is 6.83. The molecular weight excluding hydrogens is 268 g/mol. The topological polar surface area (TPSA) is 48.1 Å². The van der Waals surface area contributed by atoms with E-state index >= 15 is 0 Å². The summed E-state index contributed by atoms with van der Waals surface area (Å²) in [6.45, 7) is 6.38. The highest BCUT2D eigenvalue weighted by atomic mass is 32.1. The van der Waals surface area contributed by atoms with Crippen molar-refractivity contribution in [3.05, 3.63) is 35.9 Å². The van der Waals surface area contributed by atoms with Gasteiger partial charge in [-0.15, -0.1) is 0 Å². The molecule has 2 rings (SSSR count). The van der Waals surface area contributed by atoms with E-state index in [1.54, 1.807) is 0 Å². The van der Waals surface area contributed by atoms with Crippen LogP contribution in [0.5, 0.6) is 5.88 Å². The van der Waals surface area contributed by atoms with Gasteiger partial charge in [0.2, 0.25) is 5.88 Å². The minimum absolute atomic E-state index is 0.0803. The first-order chi connectivity index (χ1) is 9.47. The van der Waals surface area contributed by atoms with Gasteiger partial charge >= 0.3 is 0 Å². The van der Waals surface area contributed by atoms with E-state index in [1.807, 2.05) is 37.3 Å². The molecule has 0 aliphatic rings. The summed E-state index contributed by atoms with van der Waals surface area (Å²) >= 11 is 5.11. The Kier molecular flexibility index (Phi) is 4.55. The highest BCUT2D eigenvalue weighted by Crippen LogP contribution is 2.24. The van der Waals surface area contributed by atoms with Gasteiger partial charge in [-0.05, 0) is 31.4 Å². The van der Waals surface area contributed by atoms with Crippen LogP contribution in [0.1, 0.15) is 32.8 Å². The van der Waals surface area contributed by atoms with Crippen molar-refractivity contribution in [1.29, 1.82) is 0 Å². The van der Waals surface area contributed by atoms with Crippen LogP contribution in [0.15, 0.2) is 30.3 Å². The number of hydrogen-bond donors (Lipinski definition) is 1. The molecule has 1 heterocycles. The summed E-state index contributed by atoms with van der Waals surface area (Å²) in [6, 6.07) is 9.82. The maximum absolute atomic E-state index is 5.95. The lowest BCUT2D eigenvalue weighted by atomic mass is 10.1. The third-order valence-electron chi connectivity index (χ3n) is 3.07. The maximum atomic E-state index is 5.95. The van der Waals surface area contributed by atoms with Crippen LogP contribution in [0, 0.1) is 5.92 Å². The number of nitrogens with zero attached hydrogens (tertiary/aromatic N) is 1. The predicted octanol–water partition coefficient (Wildman–Crippen LogP) is 3.68. The molecule has 0 aliphatic heterocycles. The van der Waals surface area contributed by atoms with Gasteiger partial charge in [0.05, 0.1) is 17.2 Å². The number of thiocarbonyl (C=S) groups is 1. The zero-order valence-corrected chi connectivity index (χ0v) is 12.9. The molecule has 0 saturated heterocycles. The number of pyridine rings is 1. The molecule has 2 aromatic rings. The van der Waals surface area contributed by atoms with Crippen molar-refractivity contribution in [2.45, 2.75) is 33.3 Å². The molecule has 0 fully saturated rings. The molecule has 0 spiro atoms. The van der Waals surface area contributed by atoms with Gasteiger partial charge < -0.3 is 10.5 Å². The summed E-state index contributed by atoms with van der Waals surface area (Å²) in [6.07, 6.45) is 1.04. The standard InChI is InChI=1S/C16H20N2OS/c1-10(2)8-11(3)19-16-13(15(17)20)9-12-6-4-5-7-14(12)18-16/h4-7,9-11H,8H2,1-3H3,(H2,17,20). The SMILES string of the molecule is CC(C)CC(C)Oc1nc2ccccc2cc1C(N)=S. The zero-order valence-electron chi connectivity index (χ0n) is 12.1. The molecule has 1 aromatic carbocycles. The fourth-order valence-electron chi connectivity index (χ4n) is 2.27. The number of fused-ring (bicyclic) bond motifs is 1. The minimum atomic E-state index is 0.0803. The highest BCUT2D eigenvalue weighted by molar-refractivity contribution is 7.80. The molecule has 1 aromatic heterocycles. The van der Waals surface area contributed by atoms with Crippen molar-refractivity contribution >= 4 is 28.1 Å². The molecule has 0 aliphatic carbocycles. The first-order valence-corrected chi connectivity index (χ1v) is 7.24. The van der Waals surface area contributed by atoms with E-state index in [-0.39, 0.29) is 6.10 Å². The second-order valence-corrected chi connectivity index (χ2v) is 5.90. The average Bonchev–Trinajstić information content (AvgIpc) is 2.36. The molecule has 2 N–H and O–H groups in total. The van der Waals surface area contributed by atoms with Crippen LogP contribution in [0.4, 0.5) is 0 Å². The third kappa shape index (κ3) is 3.45. The number of aromatic nitrogens is 1. The second-order valence-electron chi connectivity index (χ2n) is 5.46. The number of para-hydroxylation sites is 1. The van der Waals surface area contributed by atoms with Crippen molar-refractivity contribution < 1.29 is 4.74 Å². The van der Waals surface area contributed by atoms with Crippen molar-refractivity contribution in [2.24, 2.45) is 11.7 Å². The molecule has 106 valence electrons. The van der Waals surface area contributed by atoms with Gasteiger partial charge in [-0.25, -0.2) is 4.98 Å². The van der Waals surface area contributed by atoms with Gasteiger partial charge in [0.15, 0.2) is 0 Å². The van der Waals surface area contributed by atoms with Crippen LogP contribution in [0.2, 0.25) is 0 Å². The van der Waals surface area contributed by atoms with Crippen molar-refractivity contribution in [1.82, 2.24) is 4.98 Å².